The highest BCUT2D eigenvalue weighted by Gasteiger charge is 2.57. The predicted molar refractivity (Wildman–Crippen MR) is 94.0 cm³/mol. The fourth-order valence-corrected chi connectivity index (χ4v) is 4.04. The number of ether oxygens (including phenoxy) is 1. The molecule has 0 heterocycles. The third kappa shape index (κ3) is 1.98. The predicted octanol–water partition coefficient (Wildman–Crippen LogP) is 5.53. The maximum absolute atomic E-state index is 13.1. The van der Waals surface area contributed by atoms with E-state index in [2.05, 4.69) is 6.92 Å². The fraction of sp³-hybridized carbons (Fsp3) is 0.316. The first-order valence-electron chi connectivity index (χ1n) is 7.43. The molecule has 3 rings (SSSR count). The second-order valence-electron chi connectivity index (χ2n) is 6.57. The molecule has 0 saturated carbocycles. The zero-order valence-corrected chi connectivity index (χ0v) is 15.0. The Morgan fingerprint density at radius 1 is 1.00 bits per heavy atom. The number of carbonyl (C=O) groups is 1. The van der Waals surface area contributed by atoms with E-state index in [1.165, 1.54) is 0 Å². The van der Waals surface area contributed by atoms with Crippen molar-refractivity contribution in [1.82, 2.24) is 0 Å². The van der Waals surface area contributed by atoms with Gasteiger partial charge in [-0.05, 0) is 17.2 Å². The van der Waals surface area contributed by atoms with Crippen LogP contribution in [0.5, 0.6) is 5.75 Å². The molecule has 0 aromatic heterocycles. The molecule has 2 aromatic carbocycles. The molecule has 0 saturated heterocycles. The van der Waals surface area contributed by atoms with Crippen molar-refractivity contribution in [3.8, 4) is 5.75 Å². The van der Waals surface area contributed by atoms with Gasteiger partial charge in [-0.1, -0.05) is 74.3 Å². The fourth-order valence-electron chi connectivity index (χ4n) is 3.53. The summed E-state index contributed by atoms with van der Waals surface area (Å²) in [6, 6.07) is 11.9. The molecule has 0 bridgehead atoms. The van der Waals surface area contributed by atoms with Crippen molar-refractivity contribution in [3.63, 3.8) is 0 Å². The van der Waals surface area contributed by atoms with Crippen LogP contribution in [0.2, 0.25) is 10.0 Å². The number of benzene rings is 2. The summed E-state index contributed by atoms with van der Waals surface area (Å²) in [6.07, 6.45) is 0. The van der Waals surface area contributed by atoms with Crippen LogP contribution in [0.25, 0.3) is 0 Å². The molecule has 120 valence electrons. The van der Waals surface area contributed by atoms with Crippen LogP contribution < -0.4 is 4.74 Å². The molecule has 1 aliphatic carbocycles. The van der Waals surface area contributed by atoms with Gasteiger partial charge in [0, 0.05) is 16.4 Å². The van der Waals surface area contributed by atoms with Crippen LogP contribution >= 0.6 is 23.2 Å². The number of carbonyl (C=O) groups excluding carboxylic acids is 1. The molecule has 4 heteroatoms. The van der Waals surface area contributed by atoms with E-state index in [1.807, 2.05) is 50.2 Å². The van der Waals surface area contributed by atoms with Crippen LogP contribution in [0, 0.1) is 5.41 Å². The molecule has 0 spiro atoms. The minimum absolute atomic E-state index is 0.00778. The summed E-state index contributed by atoms with van der Waals surface area (Å²) in [6.45, 7) is 5.99. The summed E-state index contributed by atoms with van der Waals surface area (Å²) < 4.78 is 5.36. The van der Waals surface area contributed by atoms with Gasteiger partial charge in [-0.2, -0.15) is 0 Å². The van der Waals surface area contributed by atoms with Crippen molar-refractivity contribution >= 4 is 29.0 Å². The van der Waals surface area contributed by atoms with Crippen LogP contribution in [-0.2, 0) is 5.41 Å². The monoisotopic (exact) mass is 348 g/mol. The first kappa shape index (κ1) is 16.4. The molecule has 0 fully saturated rings. The molecule has 1 unspecified atom stereocenters. The molecule has 2 aromatic rings. The van der Waals surface area contributed by atoms with E-state index < -0.39 is 10.8 Å². The van der Waals surface area contributed by atoms with E-state index in [0.29, 0.717) is 11.3 Å². The molecular weight excluding hydrogens is 331 g/mol. The number of Topliss-reactive ketones (excluding diaryl/α,β-unsaturated/α-hetero) is 1. The van der Waals surface area contributed by atoms with Crippen LogP contribution in [0.3, 0.4) is 0 Å². The molecule has 23 heavy (non-hydrogen) atoms. The molecule has 1 atom stereocenters. The number of fused-ring (bicyclic) bond motifs is 1. The van der Waals surface area contributed by atoms with Crippen molar-refractivity contribution in [2.75, 3.05) is 7.11 Å². The van der Waals surface area contributed by atoms with Gasteiger partial charge in [-0.3, -0.25) is 4.79 Å². The van der Waals surface area contributed by atoms with Crippen LogP contribution in [0.4, 0.5) is 0 Å². The number of methoxy groups -OCH3 is 1. The van der Waals surface area contributed by atoms with E-state index in [1.54, 1.807) is 7.11 Å². The van der Waals surface area contributed by atoms with Crippen molar-refractivity contribution < 1.29 is 9.53 Å². The van der Waals surface area contributed by atoms with E-state index in [9.17, 15) is 4.79 Å². The third-order valence-electron chi connectivity index (χ3n) is 5.33. The third-order valence-corrected chi connectivity index (χ3v) is 6.18. The lowest BCUT2D eigenvalue weighted by atomic mass is 9.63. The number of halogens is 2. The zero-order valence-electron chi connectivity index (χ0n) is 13.5. The van der Waals surface area contributed by atoms with E-state index >= 15 is 0 Å². The normalized spacial score (nSPS) is 22.1. The van der Waals surface area contributed by atoms with Crippen LogP contribution in [0.1, 0.15) is 42.3 Å². The van der Waals surface area contributed by atoms with Crippen molar-refractivity contribution in [2.24, 2.45) is 5.41 Å². The van der Waals surface area contributed by atoms with Crippen LogP contribution in [0.15, 0.2) is 36.4 Å². The molecule has 0 amide bonds. The molecule has 0 N–H and O–H groups in total. The van der Waals surface area contributed by atoms with E-state index in [4.69, 9.17) is 27.9 Å². The average molecular weight is 349 g/mol. The molecule has 1 aliphatic rings. The van der Waals surface area contributed by atoms with E-state index in [-0.39, 0.29) is 15.8 Å². The lowest BCUT2D eigenvalue weighted by molar-refractivity contribution is 0.0795. The van der Waals surface area contributed by atoms with Gasteiger partial charge in [0.2, 0.25) is 0 Å². The SMILES string of the molecule is COc1cc2c(c(Cl)c1Cl)C(=O)C(C)(C)C2(C)c1ccccc1. The average Bonchev–Trinajstić information content (AvgIpc) is 2.70. The minimum Gasteiger partial charge on any atom is -0.495 e. The van der Waals surface area contributed by atoms with Gasteiger partial charge in [-0.15, -0.1) is 0 Å². The standard InChI is InChI=1S/C19H18Cl2O2/c1-18(2)17(22)14-12(10-13(23-4)15(20)16(14)21)19(18,3)11-8-6-5-7-9-11/h5-10H,1-4H3. The lowest BCUT2D eigenvalue weighted by Gasteiger charge is -2.38. The Hall–Kier alpha value is -1.51. The number of hydrogen-bond donors (Lipinski definition) is 0. The minimum atomic E-state index is -0.643. The quantitative estimate of drug-likeness (QED) is 0.712. The largest absolute Gasteiger partial charge is 0.495 e. The van der Waals surface area contributed by atoms with Gasteiger partial charge in [0.15, 0.2) is 5.78 Å². The topological polar surface area (TPSA) is 26.3 Å². The number of rotatable bonds is 2. The maximum atomic E-state index is 13.1. The second-order valence-corrected chi connectivity index (χ2v) is 7.33. The molecule has 0 aliphatic heterocycles. The van der Waals surface area contributed by atoms with E-state index in [0.717, 1.165) is 11.1 Å². The first-order chi connectivity index (χ1) is 10.8. The Balaban J connectivity index is 2.41. The number of ketones is 1. The highest BCUT2D eigenvalue weighted by atomic mass is 35.5. The summed E-state index contributed by atoms with van der Waals surface area (Å²) in [5.74, 6) is 0.497. The second kappa shape index (κ2) is 5.25. The van der Waals surface area contributed by atoms with Crippen molar-refractivity contribution in [1.29, 1.82) is 0 Å². The Kier molecular flexibility index (Phi) is 3.74. The van der Waals surface area contributed by atoms with Gasteiger partial charge in [-0.25, -0.2) is 0 Å². The summed E-state index contributed by atoms with van der Waals surface area (Å²) >= 11 is 12.7. The van der Waals surface area contributed by atoms with Crippen molar-refractivity contribution in [2.45, 2.75) is 26.2 Å². The maximum Gasteiger partial charge on any atom is 0.171 e. The Labute approximate surface area is 146 Å². The highest BCUT2D eigenvalue weighted by Crippen LogP contribution is 2.58. The van der Waals surface area contributed by atoms with Gasteiger partial charge >= 0.3 is 0 Å². The molecule has 2 nitrogen and oxygen atoms in total. The Morgan fingerprint density at radius 3 is 2.17 bits per heavy atom. The number of hydrogen-bond acceptors (Lipinski definition) is 2. The van der Waals surface area contributed by atoms with Gasteiger partial charge in [0.1, 0.15) is 10.8 Å². The summed E-state index contributed by atoms with van der Waals surface area (Å²) in [5, 5.41) is 0.563. The van der Waals surface area contributed by atoms with Gasteiger partial charge < -0.3 is 4.74 Å². The summed E-state index contributed by atoms with van der Waals surface area (Å²) in [7, 11) is 1.55. The summed E-state index contributed by atoms with van der Waals surface area (Å²) in [5.41, 5.74) is 1.29. The molecule has 0 radical (unpaired) electrons. The zero-order chi connectivity index (χ0) is 17.0. The van der Waals surface area contributed by atoms with Crippen LogP contribution in [-0.4, -0.2) is 12.9 Å². The smallest absolute Gasteiger partial charge is 0.171 e. The van der Waals surface area contributed by atoms with Gasteiger partial charge in [0.05, 0.1) is 12.1 Å². The van der Waals surface area contributed by atoms with Gasteiger partial charge in [0.25, 0.3) is 0 Å². The molecular formula is C19H18Cl2O2. The Bertz CT molecular complexity index is 797. The summed E-state index contributed by atoms with van der Waals surface area (Å²) in [4.78, 5) is 13.1. The first-order valence-corrected chi connectivity index (χ1v) is 8.19. The Morgan fingerprint density at radius 2 is 1.61 bits per heavy atom. The highest BCUT2D eigenvalue weighted by molar-refractivity contribution is 6.45. The lowest BCUT2D eigenvalue weighted by Crippen LogP contribution is -2.39. The van der Waals surface area contributed by atoms with Crippen molar-refractivity contribution in [3.05, 3.63) is 63.1 Å².